The molecule has 45 heavy (non-hydrogen) atoms. The Bertz CT molecular complexity index is 2530. The summed E-state index contributed by atoms with van der Waals surface area (Å²) < 4.78 is 6.03. The molecule has 0 atom stereocenters. The van der Waals surface area contributed by atoms with E-state index in [0.717, 1.165) is 77.4 Å². The van der Waals surface area contributed by atoms with Gasteiger partial charge in [-0.1, -0.05) is 121 Å². The highest BCUT2D eigenvalue weighted by Crippen LogP contribution is 2.34. The van der Waals surface area contributed by atoms with Crippen LogP contribution < -0.4 is 0 Å². The summed E-state index contributed by atoms with van der Waals surface area (Å²) in [6.45, 7) is 0. The summed E-state index contributed by atoms with van der Waals surface area (Å²) in [4.78, 5) is 10.3. The molecule has 0 amide bonds. The molecule has 3 nitrogen and oxygen atoms in total. The monoisotopic (exact) mass is 574 g/mol. The molecule has 0 aliphatic rings. The molecule has 3 aromatic heterocycles. The van der Waals surface area contributed by atoms with Crippen LogP contribution in [0.25, 0.3) is 88.5 Å². The summed E-state index contributed by atoms with van der Waals surface area (Å²) >= 11 is 0. The van der Waals surface area contributed by atoms with Gasteiger partial charge in [-0.05, 0) is 58.7 Å². The van der Waals surface area contributed by atoms with E-state index in [2.05, 4.69) is 140 Å². The molecule has 9 aromatic rings. The number of pyridine rings is 2. The highest BCUT2D eigenvalue weighted by molar-refractivity contribution is 6.06. The lowest BCUT2D eigenvalue weighted by atomic mass is 10.00. The van der Waals surface area contributed by atoms with Gasteiger partial charge in [0, 0.05) is 32.7 Å². The van der Waals surface area contributed by atoms with Crippen molar-refractivity contribution in [2.75, 3.05) is 0 Å². The second kappa shape index (κ2) is 10.3. The molecule has 0 saturated carbocycles. The van der Waals surface area contributed by atoms with Crippen LogP contribution in [0, 0.1) is 0 Å². The predicted octanol–water partition coefficient (Wildman–Crippen LogP) is 11.4. The second-order valence-electron chi connectivity index (χ2n) is 11.4. The summed E-state index contributed by atoms with van der Waals surface area (Å²) in [5.74, 6) is 0. The fourth-order valence-electron chi connectivity index (χ4n) is 6.32. The zero-order valence-electron chi connectivity index (χ0n) is 24.3. The molecule has 6 aromatic carbocycles. The summed E-state index contributed by atoms with van der Waals surface area (Å²) in [5, 5.41) is 4.42. The Morgan fingerprint density at radius 2 is 0.867 bits per heavy atom. The summed E-state index contributed by atoms with van der Waals surface area (Å²) in [6, 6.07) is 55.0. The fraction of sp³-hybridized carbons (Fsp3) is 0. The summed E-state index contributed by atoms with van der Waals surface area (Å²) in [7, 11) is 0. The molecule has 9 rings (SSSR count). The Morgan fingerprint density at radius 1 is 0.333 bits per heavy atom. The molecule has 0 N–H and O–H groups in total. The van der Waals surface area contributed by atoms with Crippen LogP contribution in [-0.4, -0.2) is 9.97 Å². The maximum Gasteiger partial charge on any atom is 0.135 e. The molecular weight excluding hydrogens is 548 g/mol. The van der Waals surface area contributed by atoms with E-state index in [9.17, 15) is 0 Å². The maximum atomic E-state index is 6.03. The van der Waals surface area contributed by atoms with Gasteiger partial charge in [-0.3, -0.25) is 0 Å². The molecule has 0 aliphatic heterocycles. The van der Waals surface area contributed by atoms with Crippen molar-refractivity contribution in [1.82, 2.24) is 9.97 Å². The Balaban J connectivity index is 1.09. The topological polar surface area (TPSA) is 38.9 Å². The Morgan fingerprint density at radius 3 is 1.64 bits per heavy atom. The highest BCUT2D eigenvalue weighted by Gasteiger charge is 2.11. The van der Waals surface area contributed by atoms with E-state index in [1.54, 1.807) is 0 Å². The zero-order chi connectivity index (χ0) is 29.7. The van der Waals surface area contributed by atoms with Crippen LogP contribution in [0.4, 0.5) is 0 Å². The van der Waals surface area contributed by atoms with E-state index >= 15 is 0 Å². The van der Waals surface area contributed by atoms with Crippen molar-refractivity contribution in [2.45, 2.75) is 0 Å². The molecule has 0 fully saturated rings. The number of aromatic nitrogens is 2. The number of hydrogen-bond donors (Lipinski definition) is 0. The van der Waals surface area contributed by atoms with Crippen molar-refractivity contribution in [3.8, 4) is 44.8 Å². The van der Waals surface area contributed by atoms with Gasteiger partial charge in [0.15, 0.2) is 0 Å². The second-order valence-corrected chi connectivity index (χ2v) is 11.4. The van der Waals surface area contributed by atoms with Crippen LogP contribution in [0.15, 0.2) is 162 Å². The van der Waals surface area contributed by atoms with Crippen molar-refractivity contribution in [2.24, 2.45) is 0 Å². The molecule has 0 unspecified atom stereocenters. The average Bonchev–Trinajstić information content (AvgIpc) is 3.50. The van der Waals surface area contributed by atoms with E-state index in [0.29, 0.717) is 0 Å². The number of hydrogen-bond acceptors (Lipinski definition) is 3. The van der Waals surface area contributed by atoms with Crippen LogP contribution in [0.3, 0.4) is 0 Å². The Hall–Kier alpha value is -6.06. The smallest absolute Gasteiger partial charge is 0.135 e. The van der Waals surface area contributed by atoms with Crippen molar-refractivity contribution < 1.29 is 4.42 Å². The van der Waals surface area contributed by atoms with E-state index in [-0.39, 0.29) is 0 Å². The number of fused-ring (bicyclic) bond motifs is 6. The van der Waals surface area contributed by atoms with Crippen molar-refractivity contribution >= 4 is 43.7 Å². The third kappa shape index (κ3) is 4.45. The minimum absolute atomic E-state index is 0.907. The molecule has 210 valence electrons. The Kier molecular flexibility index (Phi) is 5.82. The summed E-state index contributed by atoms with van der Waals surface area (Å²) in [6.07, 6.45) is 0. The first-order valence-electron chi connectivity index (χ1n) is 15.2. The van der Waals surface area contributed by atoms with Crippen LogP contribution >= 0.6 is 0 Å². The lowest BCUT2D eigenvalue weighted by Crippen LogP contribution is -1.91. The van der Waals surface area contributed by atoms with Crippen LogP contribution in [-0.2, 0) is 0 Å². The van der Waals surface area contributed by atoms with E-state index in [1.807, 2.05) is 18.2 Å². The number of rotatable bonds is 4. The van der Waals surface area contributed by atoms with Gasteiger partial charge in [0.25, 0.3) is 0 Å². The maximum absolute atomic E-state index is 6.03. The van der Waals surface area contributed by atoms with Gasteiger partial charge in [-0.25, -0.2) is 9.97 Å². The van der Waals surface area contributed by atoms with Gasteiger partial charge in [0.05, 0.1) is 22.4 Å². The van der Waals surface area contributed by atoms with Crippen LogP contribution in [0.2, 0.25) is 0 Å². The number of para-hydroxylation sites is 1. The number of nitrogens with zero attached hydrogens (tertiary/aromatic N) is 2. The van der Waals surface area contributed by atoms with Crippen LogP contribution in [0.1, 0.15) is 0 Å². The van der Waals surface area contributed by atoms with Crippen molar-refractivity contribution in [3.05, 3.63) is 158 Å². The van der Waals surface area contributed by atoms with Gasteiger partial charge >= 0.3 is 0 Å². The lowest BCUT2D eigenvalue weighted by molar-refractivity contribution is 0.669. The molecule has 0 saturated heterocycles. The van der Waals surface area contributed by atoms with Crippen molar-refractivity contribution in [3.63, 3.8) is 0 Å². The first-order chi connectivity index (χ1) is 22.3. The molecule has 0 bridgehead atoms. The quantitative estimate of drug-likeness (QED) is 0.196. The average molecular weight is 575 g/mol. The molecule has 0 radical (unpaired) electrons. The third-order valence-corrected chi connectivity index (χ3v) is 8.68. The third-order valence-electron chi connectivity index (χ3n) is 8.68. The minimum atomic E-state index is 0.907. The predicted molar refractivity (Wildman–Crippen MR) is 186 cm³/mol. The van der Waals surface area contributed by atoms with E-state index < -0.39 is 0 Å². The van der Waals surface area contributed by atoms with E-state index in [4.69, 9.17) is 14.4 Å². The number of benzene rings is 6. The molecule has 3 heterocycles. The standard InChI is InChI=1S/C42H26N2O/c1-2-7-27(8-3-1)32-9-6-10-34(25-32)38-23-20-31-18-17-30-19-22-37(43-41(30)42(31)44-38)29-15-13-28(14-16-29)33-21-24-40-36(26-33)35-11-4-5-12-39(35)45-40/h1-26H. The van der Waals surface area contributed by atoms with Crippen molar-refractivity contribution in [1.29, 1.82) is 0 Å². The molecule has 0 aliphatic carbocycles. The number of furan rings is 1. The minimum Gasteiger partial charge on any atom is -0.456 e. The largest absolute Gasteiger partial charge is 0.456 e. The normalized spacial score (nSPS) is 11.6. The summed E-state index contributed by atoms with van der Waals surface area (Å²) in [5.41, 5.74) is 12.3. The first-order valence-corrected chi connectivity index (χ1v) is 15.2. The molecule has 3 heteroatoms. The zero-order valence-corrected chi connectivity index (χ0v) is 24.3. The first kappa shape index (κ1) is 25.4. The van der Waals surface area contributed by atoms with Gasteiger partial charge in [0.2, 0.25) is 0 Å². The van der Waals surface area contributed by atoms with Gasteiger partial charge in [0.1, 0.15) is 11.2 Å². The molecular formula is C42H26N2O. The Labute approximate surface area is 260 Å². The molecule has 0 spiro atoms. The highest BCUT2D eigenvalue weighted by atomic mass is 16.3. The van der Waals surface area contributed by atoms with Gasteiger partial charge in [-0.15, -0.1) is 0 Å². The van der Waals surface area contributed by atoms with Gasteiger partial charge < -0.3 is 4.42 Å². The van der Waals surface area contributed by atoms with Crippen LogP contribution in [0.5, 0.6) is 0 Å². The van der Waals surface area contributed by atoms with Gasteiger partial charge in [-0.2, -0.15) is 0 Å². The SMILES string of the molecule is c1ccc(-c2cccc(-c3ccc4ccc5ccc(-c6ccc(-c7ccc8oc9ccccc9c8c7)cc6)nc5c4n3)c2)cc1. The fourth-order valence-corrected chi connectivity index (χ4v) is 6.32. The lowest BCUT2D eigenvalue weighted by Gasteiger charge is -2.10. The van der Waals surface area contributed by atoms with E-state index in [1.165, 1.54) is 11.1 Å².